The molecule has 4 heteroatoms. The summed E-state index contributed by atoms with van der Waals surface area (Å²) in [6.07, 6.45) is 0. The van der Waals surface area contributed by atoms with E-state index in [2.05, 4.69) is 174 Å². The first kappa shape index (κ1) is 30.9. The number of nitrogens with zero attached hydrogens (tertiary/aromatic N) is 3. The molecule has 3 aromatic heterocycles. The minimum atomic E-state index is 0.665. The fourth-order valence-electron chi connectivity index (χ4n) is 8.82. The van der Waals surface area contributed by atoms with Gasteiger partial charge in [-0.15, -0.1) is 0 Å². The Morgan fingerprint density at radius 3 is 1.59 bits per heavy atom. The number of aromatic nitrogens is 3. The molecule has 0 saturated heterocycles. The van der Waals surface area contributed by atoms with E-state index in [9.17, 15) is 0 Å². The largest absolute Gasteiger partial charge is 0.452 e. The van der Waals surface area contributed by atoms with Gasteiger partial charge in [0.25, 0.3) is 0 Å². The SMILES string of the molecule is c1ccc(-c2nc(-c3ccc4c5ccccc5c5ccccc5c4c3)c3oc4ccc(-c5cccc(-n6c7ccccc7c7ccccc76)c5)cc4c3n2)cc1. The number of hydrogen-bond acceptors (Lipinski definition) is 3. The van der Waals surface area contributed by atoms with Gasteiger partial charge in [-0.05, 0) is 85.9 Å². The predicted molar refractivity (Wildman–Crippen MR) is 232 cm³/mol. The highest BCUT2D eigenvalue weighted by Gasteiger charge is 2.20. The van der Waals surface area contributed by atoms with Gasteiger partial charge < -0.3 is 8.98 Å². The summed E-state index contributed by atoms with van der Waals surface area (Å²) < 4.78 is 9.10. The molecule has 0 aliphatic heterocycles. The summed E-state index contributed by atoms with van der Waals surface area (Å²) in [6, 6.07) is 66.8. The lowest BCUT2D eigenvalue weighted by Gasteiger charge is -2.12. The maximum absolute atomic E-state index is 6.74. The van der Waals surface area contributed by atoms with Gasteiger partial charge in [-0.25, -0.2) is 9.97 Å². The van der Waals surface area contributed by atoms with Crippen LogP contribution in [-0.2, 0) is 0 Å². The van der Waals surface area contributed by atoms with E-state index in [0.717, 1.165) is 50.1 Å². The van der Waals surface area contributed by atoms with E-state index < -0.39 is 0 Å². The number of furan rings is 1. The maximum Gasteiger partial charge on any atom is 0.180 e. The minimum absolute atomic E-state index is 0.665. The molecule has 12 aromatic rings. The second kappa shape index (κ2) is 12.0. The van der Waals surface area contributed by atoms with Gasteiger partial charge in [0.1, 0.15) is 16.8 Å². The Kier molecular flexibility index (Phi) is 6.60. The van der Waals surface area contributed by atoms with Gasteiger partial charge in [0.05, 0.1) is 11.0 Å². The van der Waals surface area contributed by atoms with Crippen LogP contribution in [-0.4, -0.2) is 14.5 Å². The first-order chi connectivity index (χ1) is 27.8. The fraction of sp³-hybridized carbons (Fsp3) is 0. The number of fused-ring (bicyclic) bond motifs is 12. The molecule has 0 radical (unpaired) electrons. The van der Waals surface area contributed by atoms with Crippen LogP contribution in [0.15, 0.2) is 192 Å². The predicted octanol–water partition coefficient (Wildman–Crippen LogP) is 13.9. The molecule has 0 aliphatic carbocycles. The number of hydrogen-bond donors (Lipinski definition) is 0. The van der Waals surface area contributed by atoms with Crippen molar-refractivity contribution in [3.05, 3.63) is 188 Å². The van der Waals surface area contributed by atoms with Crippen molar-refractivity contribution < 1.29 is 4.42 Å². The molecule has 9 aromatic carbocycles. The Morgan fingerprint density at radius 2 is 0.893 bits per heavy atom. The van der Waals surface area contributed by atoms with Crippen LogP contribution in [0.25, 0.3) is 116 Å². The van der Waals surface area contributed by atoms with Crippen LogP contribution >= 0.6 is 0 Å². The molecule has 260 valence electrons. The Hall–Kier alpha value is -7.56. The molecular formula is C52H31N3O. The fourth-order valence-corrected chi connectivity index (χ4v) is 8.82. The molecule has 0 fully saturated rings. The smallest absolute Gasteiger partial charge is 0.180 e. The number of benzene rings is 9. The van der Waals surface area contributed by atoms with Crippen LogP contribution in [0.3, 0.4) is 0 Å². The standard InChI is InChI=1S/C52H31N3O/c1-2-13-32(14-3-1)52-53-49(35-25-27-41-39-19-5-4-17-37(39)38-18-6-7-20-40(38)44(41)31-35)51-50(54-52)45-30-34(26-28-48(45)56-51)33-15-12-16-36(29-33)55-46-23-10-8-21-42(46)43-22-9-11-24-47(43)55/h1-31H. The van der Waals surface area contributed by atoms with Gasteiger partial charge in [-0.3, -0.25) is 0 Å². The average molecular weight is 714 g/mol. The monoisotopic (exact) mass is 713 g/mol. The van der Waals surface area contributed by atoms with Crippen LogP contribution < -0.4 is 0 Å². The molecular weight excluding hydrogens is 683 g/mol. The van der Waals surface area contributed by atoms with Crippen molar-refractivity contribution in [3.8, 4) is 39.5 Å². The molecule has 4 nitrogen and oxygen atoms in total. The first-order valence-corrected chi connectivity index (χ1v) is 19.0. The number of rotatable bonds is 4. The summed E-state index contributed by atoms with van der Waals surface area (Å²) in [5.41, 5.74) is 10.7. The molecule has 56 heavy (non-hydrogen) atoms. The first-order valence-electron chi connectivity index (χ1n) is 19.0. The van der Waals surface area contributed by atoms with E-state index >= 15 is 0 Å². The van der Waals surface area contributed by atoms with Gasteiger partial charge in [0.2, 0.25) is 0 Å². The Bertz CT molecular complexity index is 3450. The summed E-state index contributed by atoms with van der Waals surface area (Å²) in [5.74, 6) is 0.665. The summed E-state index contributed by atoms with van der Waals surface area (Å²) in [4.78, 5) is 10.5. The van der Waals surface area contributed by atoms with Crippen molar-refractivity contribution in [2.75, 3.05) is 0 Å². The highest BCUT2D eigenvalue weighted by atomic mass is 16.3. The summed E-state index contributed by atoms with van der Waals surface area (Å²) in [5, 5.41) is 10.8. The molecule has 0 N–H and O–H groups in total. The van der Waals surface area contributed by atoms with Gasteiger partial charge in [0, 0.05) is 33.0 Å². The third-order valence-corrected chi connectivity index (χ3v) is 11.4. The highest BCUT2D eigenvalue weighted by molar-refractivity contribution is 6.26. The Morgan fingerprint density at radius 1 is 0.357 bits per heavy atom. The second-order valence-electron chi connectivity index (χ2n) is 14.5. The highest BCUT2D eigenvalue weighted by Crippen LogP contribution is 2.41. The van der Waals surface area contributed by atoms with Crippen molar-refractivity contribution in [1.29, 1.82) is 0 Å². The van der Waals surface area contributed by atoms with Crippen molar-refractivity contribution in [1.82, 2.24) is 14.5 Å². The molecule has 3 heterocycles. The van der Waals surface area contributed by atoms with Crippen LogP contribution in [0.2, 0.25) is 0 Å². The van der Waals surface area contributed by atoms with Gasteiger partial charge in [-0.2, -0.15) is 0 Å². The van der Waals surface area contributed by atoms with E-state index in [4.69, 9.17) is 14.4 Å². The third-order valence-electron chi connectivity index (χ3n) is 11.4. The molecule has 12 rings (SSSR count). The molecule has 0 aliphatic rings. The van der Waals surface area contributed by atoms with E-state index in [1.165, 1.54) is 54.1 Å². The van der Waals surface area contributed by atoms with Crippen molar-refractivity contribution >= 4 is 76.2 Å². The van der Waals surface area contributed by atoms with Gasteiger partial charge in [0.15, 0.2) is 11.4 Å². The van der Waals surface area contributed by atoms with E-state index in [1.54, 1.807) is 0 Å². The molecule has 0 bridgehead atoms. The quantitative estimate of drug-likeness (QED) is 0.171. The van der Waals surface area contributed by atoms with E-state index in [0.29, 0.717) is 11.4 Å². The lowest BCUT2D eigenvalue weighted by Crippen LogP contribution is -1.94. The minimum Gasteiger partial charge on any atom is -0.452 e. The molecule has 0 saturated carbocycles. The molecule has 0 spiro atoms. The lowest BCUT2D eigenvalue weighted by atomic mass is 9.93. The number of para-hydroxylation sites is 2. The zero-order valence-electron chi connectivity index (χ0n) is 30.1. The van der Waals surface area contributed by atoms with Gasteiger partial charge >= 0.3 is 0 Å². The van der Waals surface area contributed by atoms with E-state index in [-0.39, 0.29) is 0 Å². The maximum atomic E-state index is 6.74. The van der Waals surface area contributed by atoms with Crippen LogP contribution in [0.1, 0.15) is 0 Å². The zero-order chi connectivity index (χ0) is 36.7. The molecule has 0 amide bonds. The van der Waals surface area contributed by atoms with Crippen LogP contribution in [0, 0.1) is 0 Å². The molecule has 0 atom stereocenters. The average Bonchev–Trinajstić information content (AvgIpc) is 3.82. The summed E-state index contributed by atoms with van der Waals surface area (Å²) in [7, 11) is 0. The van der Waals surface area contributed by atoms with Gasteiger partial charge in [-0.1, -0.05) is 146 Å². The lowest BCUT2D eigenvalue weighted by molar-refractivity contribution is 0.667. The van der Waals surface area contributed by atoms with Crippen molar-refractivity contribution in [2.24, 2.45) is 0 Å². The third kappa shape index (κ3) is 4.60. The summed E-state index contributed by atoms with van der Waals surface area (Å²) in [6.45, 7) is 0. The second-order valence-corrected chi connectivity index (χ2v) is 14.5. The van der Waals surface area contributed by atoms with Crippen molar-refractivity contribution in [2.45, 2.75) is 0 Å². The molecule has 0 unspecified atom stereocenters. The van der Waals surface area contributed by atoms with Crippen LogP contribution in [0.5, 0.6) is 0 Å². The topological polar surface area (TPSA) is 43.9 Å². The van der Waals surface area contributed by atoms with Crippen LogP contribution in [0.4, 0.5) is 0 Å². The van der Waals surface area contributed by atoms with E-state index in [1.807, 2.05) is 18.2 Å². The normalized spacial score (nSPS) is 11.9. The zero-order valence-corrected chi connectivity index (χ0v) is 30.1. The Balaban J connectivity index is 1.07. The summed E-state index contributed by atoms with van der Waals surface area (Å²) >= 11 is 0. The van der Waals surface area contributed by atoms with Crippen molar-refractivity contribution in [3.63, 3.8) is 0 Å². The Labute approximate surface area is 321 Å².